The van der Waals surface area contributed by atoms with Gasteiger partial charge in [0.15, 0.2) is 6.23 Å². The second kappa shape index (κ2) is 6.29. The molecule has 0 saturated carbocycles. The third-order valence-corrected chi connectivity index (χ3v) is 3.75. The summed E-state index contributed by atoms with van der Waals surface area (Å²) in [5, 5.41) is 13.6. The normalized spacial score (nSPS) is 18.5. The van der Waals surface area contributed by atoms with E-state index in [4.69, 9.17) is 4.74 Å². The van der Waals surface area contributed by atoms with Crippen LogP contribution in [0.2, 0.25) is 0 Å². The predicted octanol–water partition coefficient (Wildman–Crippen LogP) is 1.36. The van der Waals surface area contributed by atoms with Gasteiger partial charge < -0.3 is 14.7 Å². The van der Waals surface area contributed by atoms with Crippen LogP contribution >= 0.6 is 0 Å². The van der Waals surface area contributed by atoms with E-state index >= 15 is 0 Å². The maximum absolute atomic E-state index is 12.9. The van der Waals surface area contributed by atoms with Gasteiger partial charge in [-0.15, -0.1) is 0 Å². The molecule has 1 aliphatic rings. The van der Waals surface area contributed by atoms with Crippen LogP contribution in [0.5, 0.6) is 0 Å². The molecule has 1 saturated heterocycles. The summed E-state index contributed by atoms with van der Waals surface area (Å²) in [6.07, 6.45) is 3.67. The molecule has 0 spiro atoms. The number of aromatic nitrogens is 2. The van der Waals surface area contributed by atoms with Gasteiger partial charge in [0.1, 0.15) is 0 Å². The number of benzene rings is 1. The molecular formula is C16H19N3O3. The van der Waals surface area contributed by atoms with Gasteiger partial charge in [-0.25, -0.2) is 4.68 Å². The minimum absolute atomic E-state index is 0.145. The van der Waals surface area contributed by atoms with E-state index in [2.05, 4.69) is 5.10 Å². The van der Waals surface area contributed by atoms with Crippen molar-refractivity contribution >= 4 is 5.91 Å². The SMILES string of the molecule is Cc1ccc(-n2cccn2)c(C(=O)N2CCCO[C@H]2CO)c1. The van der Waals surface area contributed by atoms with Crippen molar-refractivity contribution in [2.24, 2.45) is 0 Å². The first kappa shape index (κ1) is 14.7. The first-order valence-electron chi connectivity index (χ1n) is 7.35. The number of aliphatic hydroxyl groups excluding tert-OH is 1. The summed E-state index contributed by atoms with van der Waals surface area (Å²) in [4.78, 5) is 14.5. The molecule has 116 valence electrons. The molecule has 2 heterocycles. The maximum Gasteiger partial charge on any atom is 0.258 e. The fourth-order valence-electron chi connectivity index (χ4n) is 2.66. The second-order valence-electron chi connectivity index (χ2n) is 5.33. The van der Waals surface area contributed by atoms with Crippen LogP contribution in [0.3, 0.4) is 0 Å². The van der Waals surface area contributed by atoms with Crippen molar-refractivity contribution < 1.29 is 14.6 Å². The highest BCUT2D eigenvalue weighted by Crippen LogP contribution is 2.21. The third kappa shape index (κ3) is 2.75. The average molecular weight is 301 g/mol. The number of aliphatic hydroxyl groups is 1. The van der Waals surface area contributed by atoms with E-state index in [9.17, 15) is 9.90 Å². The molecule has 6 nitrogen and oxygen atoms in total. The van der Waals surface area contributed by atoms with E-state index in [1.165, 1.54) is 0 Å². The van der Waals surface area contributed by atoms with E-state index in [-0.39, 0.29) is 12.5 Å². The molecule has 6 heteroatoms. The summed E-state index contributed by atoms with van der Waals surface area (Å²) in [6, 6.07) is 7.50. The number of carbonyl (C=O) groups excluding carboxylic acids is 1. The second-order valence-corrected chi connectivity index (χ2v) is 5.33. The molecule has 1 N–H and O–H groups in total. The Morgan fingerprint density at radius 3 is 3.09 bits per heavy atom. The third-order valence-electron chi connectivity index (χ3n) is 3.75. The number of hydrogen-bond donors (Lipinski definition) is 1. The van der Waals surface area contributed by atoms with Crippen molar-refractivity contribution in [3.63, 3.8) is 0 Å². The lowest BCUT2D eigenvalue weighted by Gasteiger charge is -2.34. The van der Waals surface area contributed by atoms with Crippen LogP contribution in [0.4, 0.5) is 0 Å². The van der Waals surface area contributed by atoms with Gasteiger partial charge in [0.25, 0.3) is 5.91 Å². The van der Waals surface area contributed by atoms with Crippen LogP contribution in [0.1, 0.15) is 22.3 Å². The number of ether oxygens (including phenoxy) is 1. The van der Waals surface area contributed by atoms with Crippen molar-refractivity contribution in [3.05, 3.63) is 47.8 Å². The molecule has 1 atom stereocenters. The Kier molecular flexibility index (Phi) is 4.22. The Balaban J connectivity index is 1.99. The summed E-state index contributed by atoms with van der Waals surface area (Å²) in [5.41, 5.74) is 2.29. The summed E-state index contributed by atoms with van der Waals surface area (Å²) in [7, 11) is 0. The van der Waals surface area contributed by atoms with Crippen molar-refractivity contribution in [1.82, 2.24) is 14.7 Å². The highest BCUT2D eigenvalue weighted by Gasteiger charge is 2.29. The van der Waals surface area contributed by atoms with E-state index in [0.29, 0.717) is 18.7 Å². The number of nitrogens with zero attached hydrogens (tertiary/aromatic N) is 3. The molecule has 1 aromatic heterocycles. The standard InChI is InChI=1S/C16H19N3O3/c1-12-4-5-14(19-8-2-6-17-19)13(10-12)16(21)18-7-3-9-22-15(18)11-20/h2,4-6,8,10,15,20H,3,7,9,11H2,1H3/t15-/m0/s1. The molecule has 1 aliphatic heterocycles. The first-order chi connectivity index (χ1) is 10.7. The largest absolute Gasteiger partial charge is 0.392 e. The Morgan fingerprint density at radius 1 is 1.50 bits per heavy atom. The van der Waals surface area contributed by atoms with Crippen LogP contribution in [0.25, 0.3) is 5.69 Å². The summed E-state index contributed by atoms with van der Waals surface area (Å²) in [6.45, 7) is 2.89. The quantitative estimate of drug-likeness (QED) is 0.929. The van der Waals surface area contributed by atoms with Crippen LogP contribution < -0.4 is 0 Å². The van der Waals surface area contributed by atoms with Crippen molar-refractivity contribution in [3.8, 4) is 5.69 Å². The van der Waals surface area contributed by atoms with E-state index in [1.807, 2.05) is 31.2 Å². The molecule has 1 amide bonds. The average Bonchev–Trinajstić information content (AvgIpc) is 3.08. The predicted molar refractivity (Wildman–Crippen MR) is 80.8 cm³/mol. The number of amides is 1. The summed E-state index contributed by atoms with van der Waals surface area (Å²) in [5.74, 6) is -0.145. The lowest BCUT2D eigenvalue weighted by molar-refractivity contribution is -0.0996. The fraction of sp³-hybridized carbons (Fsp3) is 0.375. The van der Waals surface area contributed by atoms with Crippen LogP contribution in [0, 0.1) is 6.92 Å². The Labute approximate surface area is 128 Å². The van der Waals surface area contributed by atoms with E-state index in [1.54, 1.807) is 22.0 Å². The fourth-order valence-corrected chi connectivity index (χ4v) is 2.66. The molecule has 3 rings (SSSR count). The maximum atomic E-state index is 12.9. The van der Waals surface area contributed by atoms with Gasteiger partial charge in [0.2, 0.25) is 0 Å². The molecular weight excluding hydrogens is 282 g/mol. The molecule has 0 bridgehead atoms. The number of rotatable bonds is 3. The Morgan fingerprint density at radius 2 is 2.36 bits per heavy atom. The highest BCUT2D eigenvalue weighted by atomic mass is 16.5. The molecule has 1 fully saturated rings. The van der Waals surface area contributed by atoms with Gasteiger partial charge in [-0.1, -0.05) is 11.6 Å². The van der Waals surface area contributed by atoms with Crippen molar-refractivity contribution in [2.75, 3.05) is 19.8 Å². The van der Waals surface area contributed by atoms with Gasteiger partial charge in [0.05, 0.1) is 24.5 Å². The van der Waals surface area contributed by atoms with Crippen LogP contribution in [0.15, 0.2) is 36.7 Å². The first-order valence-corrected chi connectivity index (χ1v) is 7.35. The number of hydrogen-bond acceptors (Lipinski definition) is 4. The molecule has 0 radical (unpaired) electrons. The van der Waals surface area contributed by atoms with Gasteiger partial charge >= 0.3 is 0 Å². The molecule has 2 aromatic rings. The lowest BCUT2D eigenvalue weighted by atomic mass is 10.1. The highest BCUT2D eigenvalue weighted by molar-refractivity contribution is 5.98. The van der Waals surface area contributed by atoms with Gasteiger partial charge in [0, 0.05) is 18.9 Å². The smallest absolute Gasteiger partial charge is 0.258 e. The van der Waals surface area contributed by atoms with Crippen molar-refractivity contribution in [2.45, 2.75) is 19.6 Å². The lowest BCUT2D eigenvalue weighted by Crippen LogP contribution is -2.48. The summed E-state index contributed by atoms with van der Waals surface area (Å²) >= 11 is 0. The van der Waals surface area contributed by atoms with Gasteiger partial charge in [-0.3, -0.25) is 4.79 Å². The molecule has 0 aliphatic carbocycles. The van der Waals surface area contributed by atoms with Gasteiger partial charge in [-0.05, 0) is 31.5 Å². The topological polar surface area (TPSA) is 67.6 Å². The van der Waals surface area contributed by atoms with Crippen LogP contribution in [-0.2, 0) is 4.74 Å². The number of carbonyl (C=O) groups is 1. The minimum Gasteiger partial charge on any atom is -0.392 e. The zero-order chi connectivity index (χ0) is 15.5. The van der Waals surface area contributed by atoms with E-state index < -0.39 is 6.23 Å². The minimum atomic E-state index is -0.577. The van der Waals surface area contributed by atoms with Gasteiger partial charge in [-0.2, -0.15) is 5.10 Å². The van der Waals surface area contributed by atoms with Crippen LogP contribution in [-0.4, -0.2) is 51.7 Å². The monoisotopic (exact) mass is 301 g/mol. The molecule has 1 aromatic carbocycles. The zero-order valence-electron chi connectivity index (χ0n) is 12.5. The molecule has 0 unspecified atom stereocenters. The molecule has 22 heavy (non-hydrogen) atoms. The van der Waals surface area contributed by atoms with Crippen molar-refractivity contribution in [1.29, 1.82) is 0 Å². The van der Waals surface area contributed by atoms with E-state index in [0.717, 1.165) is 17.7 Å². The summed E-state index contributed by atoms with van der Waals surface area (Å²) < 4.78 is 7.15. The zero-order valence-corrected chi connectivity index (χ0v) is 12.5. The Hall–Kier alpha value is -2.18. The number of aryl methyl sites for hydroxylation is 1. The Bertz CT molecular complexity index is 655.